The number of likely N-dealkylation sites (N-methyl/N-ethyl adjacent to an activating group) is 1. The largest absolute Gasteiger partial charge is 0.467 e. The lowest BCUT2D eigenvalue weighted by molar-refractivity contribution is -0.156. The van der Waals surface area contributed by atoms with Gasteiger partial charge in [0.25, 0.3) is 5.91 Å². The summed E-state index contributed by atoms with van der Waals surface area (Å²) in [6.45, 7) is 0.461. The van der Waals surface area contributed by atoms with E-state index in [2.05, 4.69) is 0 Å². The maximum atomic E-state index is 13.0. The minimum absolute atomic E-state index is 0.255. The van der Waals surface area contributed by atoms with E-state index in [0.29, 0.717) is 30.0 Å². The number of nitrogens with zero attached hydrogens (tertiary/aromatic N) is 2. The Balaban J connectivity index is 1.26. The smallest absolute Gasteiger partial charge is 0.309 e. The van der Waals surface area contributed by atoms with Gasteiger partial charge >= 0.3 is 5.97 Å². The first kappa shape index (κ1) is 22.5. The Kier molecular flexibility index (Phi) is 6.66. The van der Waals surface area contributed by atoms with Crippen LogP contribution in [0.4, 0.5) is 0 Å². The second kappa shape index (κ2) is 9.46. The van der Waals surface area contributed by atoms with Crippen molar-refractivity contribution in [3.63, 3.8) is 0 Å². The van der Waals surface area contributed by atoms with Gasteiger partial charge in [-0.15, -0.1) is 0 Å². The number of piperidine rings is 1. The molecule has 1 fully saturated rings. The number of ether oxygens (including phenoxy) is 1. The average Bonchev–Trinajstić information content (AvgIpc) is 3.48. The molecule has 1 aliphatic carbocycles. The summed E-state index contributed by atoms with van der Waals surface area (Å²) >= 11 is 0. The molecule has 4 rings (SSSR count). The minimum atomic E-state index is -3.58. The summed E-state index contributed by atoms with van der Waals surface area (Å²) in [7, 11) is -1.97. The van der Waals surface area contributed by atoms with E-state index in [1.165, 1.54) is 21.0 Å². The molecule has 0 saturated carbocycles. The molecule has 9 heteroatoms. The predicted molar refractivity (Wildman–Crippen MR) is 116 cm³/mol. The fraction of sp³-hybridized carbons (Fsp3) is 0.478. The van der Waals surface area contributed by atoms with Gasteiger partial charge in [-0.1, -0.05) is 6.07 Å². The fourth-order valence-corrected chi connectivity index (χ4v) is 5.80. The SMILES string of the molecule is CN(Cc1ccco1)C(=O)COC(=O)C1CCN(S(=O)(=O)c2ccc3c(c2)CCC3)CC1. The van der Waals surface area contributed by atoms with Crippen molar-refractivity contribution in [2.24, 2.45) is 5.92 Å². The summed E-state index contributed by atoms with van der Waals surface area (Å²) < 4.78 is 37.9. The van der Waals surface area contributed by atoms with Gasteiger partial charge in [-0.05, 0) is 67.5 Å². The third kappa shape index (κ3) is 4.88. The Morgan fingerprint density at radius 3 is 2.62 bits per heavy atom. The molecule has 0 N–H and O–H groups in total. The van der Waals surface area contributed by atoms with Crippen LogP contribution >= 0.6 is 0 Å². The van der Waals surface area contributed by atoms with E-state index in [1.54, 1.807) is 31.3 Å². The standard InChI is InChI=1S/C23H28N2O6S/c1-24(15-20-6-3-13-30-20)22(26)16-31-23(27)18-9-11-25(12-10-18)32(28,29)21-8-7-17-4-2-5-19(17)14-21/h3,6-8,13-14,18H,2,4-5,9-12,15-16H2,1H3. The van der Waals surface area contributed by atoms with Crippen LogP contribution in [0.1, 0.15) is 36.1 Å². The molecule has 2 heterocycles. The molecule has 32 heavy (non-hydrogen) atoms. The molecule has 0 unspecified atom stereocenters. The van der Waals surface area contributed by atoms with Gasteiger partial charge in [0, 0.05) is 20.1 Å². The van der Waals surface area contributed by atoms with Gasteiger partial charge in [-0.2, -0.15) is 4.31 Å². The molecule has 2 aromatic rings. The number of aryl methyl sites for hydroxylation is 2. The van der Waals surface area contributed by atoms with E-state index in [-0.39, 0.29) is 25.6 Å². The second-order valence-corrected chi connectivity index (χ2v) is 10.3. The van der Waals surface area contributed by atoms with E-state index in [0.717, 1.165) is 24.8 Å². The molecule has 0 atom stereocenters. The number of benzene rings is 1. The lowest BCUT2D eigenvalue weighted by Gasteiger charge is -2.30. The molecule has 0 bridgehead atoms. The van der Waals surface area contributed by atoms with Gasteiger partial charge in [0.2, 0.25) is 10.0 Å². The lowest BCUT2D eigenvalue weighted by Crippen LogP contribution is -2.41. The van der Waals surface area contributed by atoms with Gasteiger partial charge in [-0.25, -0.2) is 8.42 Å². The maximum absolute atomic E-state index is 13.0. The van der Waals surface area contributed by atoms with Gasteiger partial charge in [-0.3, -0.25) is 9.59 Å². The van der Waals surface area contributed by atoms with Crippen LogP contribution in [0.2, 0.25) is 0 Å². The van der Waals surface area contributed by atoms with Crippen molar-refractivity contribution in [1.29, 1.82) is 0 Å². The molecular weight excluding hydrogens is 432 g/mol. The molecule has 1 saturated heterocycles. The Labute approximate surface area is 188 Å². The van der Waals surface area contributed by atoms with Crippen LogP contribution in [0.25, 0.3) is 0 Å². The van der Waals surface area contributed by atoms with Gasteiger partial charge in [0.05, 0.1) is 23.6 Å². The van der Waals surface area contributed by atoms with Crippen LogP contribution in [0.3, 0.4) is 0 Å². The van der Waals surface area contributed by atoms with Crippen molar-refractivity contribution in [1.82, 2.24) is 9.21 Å². The molecule has 0 spiro atoms. The van der Waals surface area contributed by atoms with Crippen molar-refractivity contribution >= 4 is 21.9 Å². The summed E-state index contributed by atoms with van der Waals surface area (Å²) in [5.41, 5.74) is 2.35. The summed E-state index contributed by atoms with van der Waals surface area (Å²) in [6.07, 6.45) is 5.27. The van der Waals surface area contributed by atoms with Crippen LogP contribution in [-0.4, -0.2) is 56.2 Å². The third-order valence-corrected chi connectivity index (χ3v) is 8.13. The van der Waals surface area contributed by atoms with Crippen LogP contribution in [-0.2, 0) is 43.7 Å². The normalized spacial score (nSPS) is 17.2. The van der Waals surface area contributed by atoms with E-state index < -0.39 is 21.9 Å². The van der Waals surface area contributed by atoms with Gasteiger partial charge in [0.15, 0.2) is 6.61 Å². The number of esters is 1. The summed E-state index contributed by atoms with van der Waals surface area (Å²) in [5.74, 6) is -0.556. The van der Waals surface area contributed by atoms with Gasteiger partial charge < -0.3 is 14.1 Å². The highest BCUT2D eigenvalue weighted by molar-refractivity contribution is 7.89. The zero-order valence-corrected chi connectivity index (χ0v) is 19.0. The van der Waals surface area contributed by atoms with Crippen LogP contribution in [0.5, 0.6) is 0 Å². The molecule has 1 aromatic carbocycles. The van der Waals surface area contributed by atoms with Crippen molar-refractivity contribution in [2.75, 3.05) is 26.7 Å². The number of rotatable bonds is 7. The fourth-order valence-electron chi connectivity index (χ4n) is 4.27. The molecule has 1 amide bonds. The lowest BCUT2D eigenvalue weighted by atomic mass is 9.98. The van der Waals surface area contributed by atoms with Crippen molar-refractivity contribution < 1.29 is 27.2 Å². The van der Waals surface area contributed by atoms with Crippen LogP contribution < -0.4 is 0 Å². The van der Waals surface area contributed by atoms with Crippen molar-refractivity contribution in [2.45, 2.75) is 43.5 Å². The number of hydrogen-bond donors (Lipinski definition) is 0. The Morgan fingerprint density at radius 2 is 1.91 bits per heavy atom. The minimum Gasteiger partial charge on any atom is -0.467 e. The van der Waals surface area contributed by atoms with Crippen LogP contribution in [0.15, 0.2) is 45.9 Å². The molecule has 0 radical (unpaired) electrons. The molecule has 172 valence electrons. The molecule has 8 nitrogen and oxygen atoms in total. The maximum Gasteiger partial charge on any atom is 0.309 e. The van der Waals surface area contributed by atoms with E-state index in [1.807, 2.05) is 6.07 Å². The molecular formula is C23H28N2O6S. The second-order valence-electron chi connectivity index (χ2n) is 8.40. The number of amides is 1. The first-order chi connectivity index (χ1) is 15.3. The van der Waals surface area contributed by atoms with Gasteiger partial charge in [0.1, 0.15) is 5.76 Å². The molecule has 1 aromatic heterocycles. The predicted octanol–water partition coefficient (Wildman–Crippen LogP) is 2.37. The highest BCUT2D eigenvalue weighted by atomic mass is 32.2. The zero-order valence-electron chi connectivity index (χ0n) is 18.2. The zero-order chi connectivity index (χ0) is 22.7. The monoisotopic (exact) mass is 460 g/mol. The number of hydrogen-bond acceptors (Lipinski definition) is 6. The Bertz CT molecular complexity index is 1070. The summed E-state index contributed by atoms with van der Waals surface area (Å²) in [6, 6.07) is 8.90. The summed E-state index contributed by atoms with van der Waals surface area (Å²) in [4.78, 5) is 26.4. The number of carbonyl (C=O) groups excluding carboxylic acids is 2. The Morgan fingerprint density at radius 1 is 1.16 bits per heavy atom. The van der Waals surface area contributed by atoms with Crippen molar-refractivity contribution in [3.05, 3.63) is 53.5 Å². The third-order valence-electron chi connectivity index (χ3n) is 6.23. The van der Waals surface area contributed by atoms with Crippen LogP contribution in [0, 0.1) is 5.92 Å². The van der Waals surface area contributed by atoms with E-state index >= 15 is 0 Å². The highest BCUT2D eigenvalue weighted by Crippen LogP contribution is 2.28. The quantitative estimate of drug-likeness (QED) is 0.589. The number of sulfonamides is 1. The molecule has 2 aliphatic rings. The summed E-state index contributed by atoms with van der Waals surface area (Å²) in [5, 5.41) is 0. The highest BCUT2D eigenvalue weighted by Gasteiger charge is 2.33. The first-order valence-electron chi connectivity index (χ1n) is 10.9. The first-order valence-corrected chi connectivity index (χ1v) is 12.3. The van der Waals surface area contributed by atoms with Crippen molar-refractivity contribution in [3.8, 4) is 0 Å². The number of fused-ring (bicyclic) bond motifs is 1. The van der Waals surface area contributed by atoms with E-state index in [9.17, 15) is 18.0 Å². The molecule has 1 aliphatic heterocycles. The Hall–Kier alpha value is -2.65. The number of carbonyl (C=O) groups is 2. The number of furan rings is 1. The average molecular weight is 461 g/mol. The van der Waals surface area contributed by atoms with E-state index in [4.69, 9.17) is 9.15 Å². The topological polar surface area (TPSA) is 97.1 Å².